The third kappa shape index (κ3) is 3.02. The molecule has 2 aromatic rings. The number of benzene rings is 1. The Morgan fingerprint density at radius 1 is 1.36 bits per heavy atom. The molecule has 0 unspecified atom stereocenters. The lowest BCUT2D eigenvalue weighted by molar-refractivity contribution is -0.120. The van der Waals surface area contributed by atoms with Crippen LogP contribution < -0.4 is 5.32 Å². The number of fused-ring (bicyclic) bond motifs is 1. The van der Waals surface area contributed by atoms with Gasteiger partial charge in [-0.25, -0.2) is 8.42 Å². The first-order chi connectivity index (χ1) is 10.3. The molecule has 1 aromatic carbocycles. The fourth-order valence-corrected chi connectivity index (χ4v) is 4.79. The Labute approximate surface area is 129 Å². The number of nitrogens with one attached hydrogen (secondary N) is 1. The highest BCUT2D eigenvalue weighted by atomic mass is 32.2. The van der Waals surface area contributed by atoms with Crippen molar-refractivity contribution in [1.29, 1.82) is 0 Å². The molecule has 2 heterocycles. The normalized spacial score (nSPS) is 20.4. The van der Waals surface area contributed by atoms with Crippen molar-refractivity contribution in [1.82, 2.24) is 5.32 Å². The maximum Gasteiger partial charge on any atom is 0.224 e. The molecule has 6 heteroatoms. The molecule has 5 nitrogen and oxygen atoms in total. The smallest absolute Gasteiger partial charge is 0.224 e. The SMILES string of the molecule is Cc1cc(C)c2c(CC(=O)N[C@@H]3CCS(=O)(=O)C3)coc2c1. The summed E-state index contributed by atoms with van der Waals surface area (Å²) in [5.41, 5.74) is 3.82. The van der Waals surface area contributed by atoms with E-state index in [2.05, 4.69) is 11.4 Å². The van der Waals surface area contributed by atoms with Crippen molar-refractivity contribution in [2.75, 3.05) is 11.5 Å². The van der Waals surface area contributed by atoms with Gasteiger partial charge < -0.3 is 9.73 Å². The van der Waals surface area contributed by atoms with Crippen LogP contribution in [0.1, 0.15) is 23.1 Å². The number of rotatable bonds is 3. The topological polar surface area (TPSA) is 76.4 Å². The Morgan fingerprint density at radius 3 is 2.82 bits per heavy atom. The fraction of sp³-hybridized carbons (Fsp3) is 0.438. The van der Waals surface area contributed by atoms with Crippen LogP contribution in [0.4, 0.5) is 0 Å². The van der Waals surface area contributed by atoms with E-state index in [4.69, 9.17) is 4.42 Å². The first-order valence-electron chi connectivity index (χ1n) is 7.31. The van der Waals surface area contributed by atoms with E-state index in [1.165, 1.54) is 0 Å². The minimum absolute atomic E-state index is 0.0447. The number of carbonyl (C=O) groups excluding carboxylic acids is 1. The predicted octanol–water partition coefficient (Wildman–Crippen LogP) is 1.90. The van der Waals surface area contributed by atoms with Gasteiger partial charge in [-0.15, -0.1) is 0 Å². The molecule has 1 amide bonds. The first kappa shape index (κ1) is 15.1. The van der Waals surface area contributed by atoms with Crippen molar-refractivity contribution in [2.45, 2.75) is 32.7 Å². The van der Waals surface area contributed by atoms with Crippen LogP contribution >= 0.6 is 0 Å². The van der Waals surface area contributed by atoms with Gasteiger partial charge in [0, 0.05) is 17.0 Å². The fourth-order valence-electron chi connectivity index (χ4n) is 3.12. The first-order valence-corrected chi connectivity index (χ1v) is 9.13. The molecular formula is C16H19NO4S. The zero-order chi connectivity index (χ0) is 15.9. The molecule has 1 saturated heterocycles. The van der Waals surface area contributed by atoms with Crippen molar-refractivity contribution in [2.24, 2.45) is 0 Å². The largest absolute Gasteiger partial charge is 0.464 e. The quantitative estimate of drug-likeness (QED) is 0.936. The van der Waals surface area contributed by atoms with Gasteiger partial charge in [-0.1, -0.05) is 6.07 Å². The van der Waals surface area contributed by atoms with Crippen LogP contribution in [0.15, 0.2) is 22.8 Å². The molecular weight excluding hydrogens is 302 g/mol. The van der Waals surface area contributed by atoms with Gasteiger partial charge in [0.05, 0.1) is 24.2 Å². The summed E-state index contributed by atoms with van der Waals surface area (Å²) in [5.74, 6) is 0.0402. The van der Waals surface area contributed by atoms with Crippen LogP contribution in [0.3, 0.4) is 0 Å². The highest BCUT2D eigenvalue weighted by molar-refractivity contribution is 7.91. The lowest BCUT2D eigenvalue weighted by Crippen LogP contribution is -2.36. The number of carbonyl (C=O) groups is 1. The van der Waals surface area contributed by atoms with Crippen molar-refractivity contribution in [3.8, 4) is 0 Å². The van der Waals surface area contributed by atoms with Crippen LogP contribution in [-0.2, 0) is 21.1 Å². The van der Waals surface area contributed by atoms with Crippen molar-refractivity contribution >= 4 is 26.7 Å². The van der Waals surface area contributed by atoms with E-state index in [1.54, 1.807) is 6.26 Å². The second kappa shape index (κ2) is 5.43. The molecule has 0 spiro atoms. The second-order valence-corrected chi connectivity index (χ2v) is 8.29. The monoisotopic (exact) mass is 321 g/mol. The van der Waals surface area contributed by atoms with Crippen molar-refractivity contribution < 1.29 is 17.6 Å². The van der Waals surface area contributed by atoms with Gasteiger partial charge in [0.15, 0.2) is 9.84 Å². The highest BCUT2D eigenvalue weighted by Crippen LogP contribution is 2.26. The molecule has 22 heavy (non-hydrogen) atoms. The van der Waals surface area contributed by atoms with Crippen molar-refractivity contribution in [3.05, 3.63) is 35.1 Å². The van der Waals surface area contributed by atoms with Gasteiger partial charge in [0.1, 0.15) is 5.58 Å². The number of hydrogen-bond acceptors (Lipinski definition) is 4. The van der Waals surface area contributed by atoms with Gasteiger partial charge in [0.25, 0.3) is 0 Å². The van der Waals surface area contributed by atoms with E-state index in [1.807, 2.05) is 19.9 Å². The van der Waals surface area contributed by atoms with E-state index in [0.717, 1.165) is 27.7 Å². The van der Waals surface area contributed by atoms with Gasteiger partial charge >= 0.3 is 0 Å². The number of hydrogen-bond donors (Lipinski definition) is 1. The summed E-state index contributed by atoms with van der Waals surface area (Å²) in [6.07, 6.45) is 2.31. The number of aryl methyl sites for hydroxylation is 2. The third-order valence-electron chi connectivity index (χ3n) is 4.04. The molecule has 1 aliphatic heterocycles. The zero-order valence-electron chi connectivity index (χ0n) is 12.7. The Hall–Kier alpha value is -1.82. The Bertz CT molecular complexity index is 835. The lowest BCUT2D eigenvalue weighted by atomic mass is 10.0. The summed E-state index contributed by atoms with van der Waals surface area (Å²) in [5, 5.41) is 3.78. The summed E-state index contributed by atoms with van der Waals surface area (Å²) in [6, 6.07) is 3.75. The summed E-state index contributed by atoms with van der Waals surface area (Å²) in [7, 11) is -2.98. The van der Waals surface area contributed by atoms with Crippen LogP contribution in [0.5, 0.6) is 0 Å². The Kier molecular flexibility index (Phi) is 3.72. The maximum absolute atomic E-state index is 12.2. The van der Waals surface area contributed by atoms with Gasteiger partial charge in [-0.3, -0.25) is 4.79 Å². The number of sulfone groups is 1. The molecule has 0 saturated carbocycles. The molecule has 118 valence electrons. The molecule has 1 aliphatic rings. The average molecular weight is 321 g/mol. The number of amides is 1. The molecule has 1 N–H and O–H groups in total. The van der Waals surface area contributed by atoms with Crippen molar-refractivity contribution in [3.63, 3.8) is 0 Å². The molecule has 1 atom stereocenters. The summed E-state index contributed by atoms with van der Waals surface area (Å²) < 4.78 is 28.4. The van der Waals surface area contributed by atoms with E-state index in [-0.39, 0.29) is 29.9 Å². The maximum atomic E-state index is 12.2. The minimum atomic E-state index is -2.98. The molecule has 0 bridgehead atoms. The van der Waals surface area contributed by atoms with E-state index < -0.39 is 9.84 Å². The molecule has 3 rings (SSSR count). The van der Waals surface area contributed by atoms with Crippen LogP contribution in [-0.4, -0.2) is 31.9 Å². The molecule has 0 radical (unpaired) electrons. The molecule has 1 aromatic heterocycles. The standard InChI is InChI=1S/C16H19NO4S/c1-10-5-11(2)16-12(8-21-14(16)6-10)7-15(18)17-13-3-4-22(19,20)9-13/h5-6,8,13H,3-4,7,9H2,1-2H3,(H,17,18)/t13-/m1/s1. The van der Waals surface area contributed by atoms with E-state index in [9.17, 15) is 13.2 Å². The molecule has 1 fully saturated rings. The van der Waals surface area contributed by atoms with E-state index >= 15 is 0 Å². The zero-order valence-corrected chi connectivity index (χ0v) is 13.5. The van der Waals surface area contributed by atoms with Gasteiger partial charge in [-0.05, 0) is 37.5 Å². The highest BCUT2D eigenvalue weighted by Gasteiger charge is 2.29. The van der Waals surface area contributed by atoms with Crippen LogP contribution in [0, 0.1) is 13.8 Å². The Morgan fingerprint density at radius 2 is 2.14 bits per heavy atom. The summed E-state index contributed by atoms with van der Waals surface area (Å²) in [4.78, 5) is 12.2. The minimum Gasteiger partial charge on any atom is -0.464 e. The van der Waals surface area contributed by atoms with Crippen LogP contribution in [0.2, 0.25) is 0 Å². The third-order valence-corrected chi connectivity index (χ3v) is 5.81. The summed E-state index contributed by atoms with van der Waals surface area (Å²) >= 11 is 0. The number of furan rings is 1. The van der Waals surface area contributed by atoms with Gasteiger partial charge in [-0.2, -0.15) is 0 Å². The van der Waals surface area contributed by atoms with E-state index in [0.29, 0.717) is 6.42 Å². The predicted molar refractivity (Wildman–Crippen MR) is 84.6 cm³/mol. The second-order valence-electron chi connectivity index (χ2n) is 6.06. The van der Waals surface area contributed by atoms with Gasteiger partial charge in [0.2, 0.25) is 5.91 Å². The van der Waals surface area contributed by atoms with Crippen LogP contribution in [0.25, 0.3) is 11.0 Å². The lowest BCUT2D eigenvalue weighted by Gasteiger charge is -2.10. The summed E-state index contributed by atoms with van der Waals surface area (Å²) in [6.45, 7) is 4.00. The average Bonchev–Trinajstić information content (AvgIpc) is 2.93. The Balaban J connectivity index is 1.75. The molecule has 0 aliphatic carbocycles.